The van der Waals surface area contributed by atoms with Crippen LogP contribution in [0.5, 0.6) is 0 Å². The zero-order valence-electron chi connectivity index (χ0n) is 5.11. The first-order valence-electron chi connectivity index (χ1n) is 3.10. The van der Waals surface area contributed by atoms with Crippen LogP contribution in [0.3, 0.4) is 0 Å². The molecule has 0 radical (unpaired) electrons. The first kappa shape index (κ1) is 5.76. The Balaban J connectivity index is 2.13. The van der Waals surface area contributed by atoms with Crippen molar-refractivity contribution < 1.29 is 4.79 Å². The van der Waals surface area contributed by atoms with Crippen molar-refractivity contribution in [3.05, 3.63) is 0 Å². The van der Waals surface area contributed by atoms with Crippen LogP contribution in [0.4, 0.5) is 0 Å². The molecule has 1 N–H and O–H groups in total. The predicted octanol–water partition coefficient (Wildman–Crippen LogP) is 0.327. The van der Waals surface area contributed by atoms with E-state index in [-0.39, 0.29) is 6.04 Å². The van der Waals surface area contributed by atoms with Gasteiger partial charge in [-0.15, -0.1) is 0 Å². The summed E-state index contributed by atoms with van der Waals surface area (Å²) in [6.45, 7) is 2.94. The van der Waals surface area contributed by atoms with E-state index >= 15 is 0 Å². The third kappa shape index (κ3) is 1.30. The minimum absolute atomic E-state index is 0.231. The molecule has 0 bridgehead atoms. The van der Waals surface area contributed by atoms with Crippen molar-refractivity contribution in [3.63, 3.8) is 0 Å². The molecular weight excluding hydrogens is 102 g/mol. The average Bonchev–Trinajstić information content (AvgIpc) is 2.45. The van der Waals surface area contributed by atoms with Crippen LogP contribution in [0.15, 0.2) is 0 Å². The van der Waals surface area contributed by atoms with Gasteiger partial charge in [-0.3, -0.25) is 4.79 Å². The molecule has 0 spiro atoms. The molecule has 0 aromatic carbocycles. The Hall–Kier alpha value is -0.370. The quantitative estimate of drug-likeness (QED) is 0.535. The first-order chi connectivity index (χ1) is 3.84. The molecule has 2 nitrogen and oxygen atoms in total. The topological polar surface area (TPSA) is 39.0 Å². The molecule has 8 heavy (non-hydrogen) atoms. The van der Waals surface area contributed by atoms with Gasteiger partial charge in [0.25, 0.3) is 0 Å². The number of carbonyl (C=O) groups excluding carboxylic acids is 1. The third-order valence-electron chi connectivity index (χ3n) is 1.29. The van der Waals surface area contributed by atoms with Gasteiger partial charge in [-0.25, -0.2) is 0 Å². The zero-order chi connectivity index (χ0) is 5.98. The largest absolute Gasteiger partial charge is 0.304 e. The molecule has 1 unspecified atom stereocenters. The van der Waals surface area contributed by atoms with Crippen molar-refractivity contribution in [3.8, 4) is 0 Å². The monoisotopic (exact) mass is 113 g/mol. The summed E-state index contributed by atoms with van der Waals surface area (Å²) in [5.41, 5.74) is 0. The number of nitrogens with one attached hydrogen (secondary N) is 1. The summed E-state index contributed by atoms with van der Waals surface area (Å²) in [6.07, 6.45) is 1.73. The molecule has 0 amide bonds. The molecule has 0 aliphatic carbocycles. The van der Waals surface area contributed by atoms with Crippen molar-refractivity contribution in [1.82, 2.24) is 5.32 Å². The van der Waals surface area contributed by atoms with E-state index in [1.165, 1.54) is 0 Å². The summed E-state index contributed by atoms with van der Waals surface area (Å²) in [5, 5.41) is 2.97. The maximum absolute atomic E-state index is 10.7. The Morgan fingerprint density at radius 1 is 1.88 bits per heavy atom. The Kier molecular flexibility index (Phi) is 1.63. The van der Waals surface area contributed by atoms with E-state index in [4.69, 9.17) is 0 Å². The Morgan fingerprint density at radius 3 is 2.88 bits per heavy atom. The van der Waals surface area contributed by atoms with Crippen molar-refractivity contribution in [2.24, 2.45) is 0 Å². The molecule has 0 aromatic heterocycles. The van der Waals surface area contributed by atoms with Gasteiger partial charge in [-0.05, 0) is 6.42 Å². The highest BCUT2D eigenvalue weighted by molar-refractivity contribution is 5.86. The van der Waals surface area contributed by atoms with Gasteiger partial charge in [0.15, 0.2) is 5.78 Å². The summed E-state index contributed by atoms with van der Waals surface area (Å²) in [4.78, 5) is 10.7. The third-order valence-corrected chi connectivity index (χ3v) is 1.29. The van der Waals surface area contributed by atoms with Gasteiger partial charge in [-0.1, -0.05) is 6.92 Å². The van der Waals surface area contributed by atoms with Crippen LogP contribution in [0, 0.1) is 0 Å². The summed E-state index contributed by atoms with van der Waals surface area (Å²) in [7, 11) is 0. The van der Waals surface area contributed by atoms with E-state index < -0.39 is 0 Å². The van der Waals surface area contributed by atoms with Crippen LogP contribution < -0.4 is 5.32 Å². The molecule has 0 aromatic rings. The van der Waals surface area contributed by atoms with Gasteiger partial charge in [0, 0.05) is 13.0 Å². The van der Waals surface area contributed by atoms with Gasteiger partial charge < -0.3 is 5.32 Å². The second kappa shape index (κ2) is 2.27. The number of rotatable bonds is 3. The van der Waals surface area contributed by atoms with Gasteiger partial charge in [-0.2, -0.15) is 0 Å². The Bertz CT molecular complexity index is 96.7. The number of hydrogen-bond acceptors (Lipinski definition) is 2. The van der Waals surface area contributed by atoms with Crippen LogP contribution in [0.1, 0.15) is 19.8 Å². The van der Waals surface area contributed by atoms with Gasteiger partial charge in [0.05, 0.1) is 6.04 Å². The minimum atomic E-state index is 0.231. The van der Waals surface area contributed by atoms with Crippen LogP contribution in [-0.2, 0) is 4.79 Å². The fourth-order valence-corrected chi connectivity index (χ4v) is 0.707. The van der Waals surface area contributed by atoms with Crippen LogP contribution >= 0.6 is 0 Å². The molecule has 1 atom stereocenters. The van der Waals surface area contributed by atoms with E-state index in [0.717, 1.165) is 19.4 Å². The molecule has 1 saturated heterocycles. The lowest BCUT2D eigenvalue weighted by atomic mass is 10.2. The molecule has 46 valence electrons. The summed E-state index contributed by atoms with van der Waals surface area (Å²) >= 11 is 0. The average molecular weight is 113 g/mol. The van der Waals surface area contributed by atoms with Crippen molar-refractivity contribution >= 4 is 5.78 Å². The molecule has 1 rings (SSSR count). The van der Waals surface area contributed by atoms with Crippen LogP contribution in [-0.4, -0.2) is 18.4 Å². The Labute approximate surface area is 49.3 Å². The second-order valence-electron chi connectivity index (χ2n) is 2.18. The lowest BCUT2D eigenvalue weighted by molar-refractivity contribution is -0.118. The van der Waals surface area contributed by atoms with Gasteiger partial charge >= 0.3 is 0 Å². The molecule has 2 heteroatoms. The van der Waals surface area contributed by atoms with E-state index in [1.807, 2.05) is 6.92 Å². The molecule has 0 saturated carbocycles. The van der Waals surface area contributed by atoms with Gasteiger partial charge in [0.2, 0.25) is 0 Å². The summed E-state index contributed by atoms with van der Waals surface area (Å²) < 4.78 is 0. The van der Waals surface area contributed by atoms with E-state index in [0.29, 0.717) is 5.78 Å². The molecule has 1 heterocycles. The molecule has 1 aliphatic heterocycles. The standard InChI is InChI=1S/C6H11NO/c1-2-3-6(8)5-4-7-5/h5,7H,2-4H2,1H3. The number of carbonyl (C=O) groups is 1. The van der Waals surface area contributed by atoms with E-state index in [1.54, 1.807) is 0 Å². The normalized spacial score (nSPS) is 25.4. The predicted molar refractivity (Wildman–Crippen MR) is 31.7 cm³/mol. The molecular formula is C6H11NO. The highest BCUT2D eigenvalue weighted by Gasteiger charge is 2.26. The van der Waals surface area contributed by atoms with E-state index in [9.17, 15) is 4.79 Å². The highest BCUT2D eigenvalue weighted by Crippen LogP contribution is 2.02. The Morgan fingerprint density at radius 2 is 2.50 bits per heavy atom. The maximum atomic E-state index is 10.7. The molecule has 1 aliphatic rings. The first-order valence-corrected chi connectivity index (χ1v) is 3.10. The zero-order valence-corrected chi connectivity index (χ0v) is 5.11. The van der Waals surface area contributed by atoms with Crippen LogP contribution in [0.25, 0.3) is 0 Å². The lowest BCUT2D eigenvalue weighted by Crippen LogP contribution is -2.07. The summed E-state index contributed by atoms with van der Waals surface area (Å²) in [6, 6.07) is 0.231. The number of Topliss-reactive ketones (excluding diaryl/α,β-unsaturated/α-hetero) is 1. The minimum Gasteiger partial charge on any atom is -0.304 e. The van der Waals surface area contributed by atoms with Crippen molar-refractivity contribution in [1.29, 1.82) is 0 Å². The summed E-state index contributed by atoms with van der Waals surface area (Å²) in [5.74, 6) is 0.382. The van der Waals surface area contributed by atoms with Crippen molar-refractivity contribution in [2.45, 2.75) is 25.8 Å². The lowest BCUT2D eigenvalue weighted by Gasteiger charge is -1.88. The second-order valence-corrected chi connectivity index (χ2v) is 2.18. The highest BCUT2D eigenvalue weighted by atomic mass is 16.1. The van der Waals surface area contributed by atoms with E-state index in [2.05, 4.69) is 5.32 Å². The number of ketones is 1. The fraction of sp³-hybridized carbons (Fsp3) is 0.833. The van der Waals surface area contributed by atoms with Crippen molar-refractivity contribution in [2.75, 3.05) is 6.54 Å². The fourth-order valence-electron chi connectivity index (χ4n) is 0.707. The van der Waals surface area contributed by atoms with Crippen LogP contribution in [0.2, 0.25) is 0 Å². The maximum Gasteiger partial charge on any atom is 0.151 e. The molecule has 1 fully saturated rings. The smallest absolute Gasteiger partial charge is 0.151 e. The SMILES string of the molecule is CCCC(=O)C1CN1. The van der Waals surface area contributed by atoms with Gasteiger partial charge in [0.1, 0.15) is 0 Å². The number of hydrogen-bond donors (Lipinski definition) is 1.